The number of rotatable bonds is 2. The van der Waals surface area contributed by atoms with Crippen LogP contribution < -0.4 is 4.74 Å². The maximum absolute atomic E-state index is 13.3. The number of hydrogen-bond acceptors (Lipinski definition) is 4. The number of methoxy groups -OCH3 is 1. The summed E-state index contributed by atoms with van der Waals surface area (Å²) in [6.45, 7) is 0. The van der Waals surface area contributed by atoms with Gasteiger partial charge in [0.25, 0.3) is 0 Å². The van der Waals surface area contributed by atoms with Gasteiger partial charge in [-0.3, -0.25) is 14.6 Å². The van der Waals surface area contributed by atoms with Crippen LogP contribution in [0.15, 0.2) is 64.8 Å². The number of benzene rings is 2. The standard InChI is InChI=1S/C23H19NO3/c1-27-14-11-9-13(10-12-14)19-20-17(7-4-8-18(20)25)24-22-15-5-2-3-6-16(15)23(26)21(19)22/h2-3,5-6,9-12,19,21H,4,7-8H2,1H3/t19-,21-/m0/s1. The van der Waals surface area contributed by atoms with E-state index in [1.807, 2.05) is 48.5 Å². The van der Waals surface area contributed by atoms with Crippen LogP contribution in [0.5, 0.6) is 5.75 Å². The van der Waals surface area contributed by atoms with Gasteiger partial charge in [-0.1, -0.05) is 36.4 Å². The highest BCUT2D eigenvalue weighted by atomic mass is 16.5. The Morgan fingerprint density at radius 2 is 1.67 bits per heavy atom. The molecule has 1 aliphatic heterocycles. The largest absolute Gasteiger partial charge is 0.497 e. The molecular weight excluding hydrogens is 338 g/mol. The first kappa shape index (κ1) is 16.2. The van der Waals surface area contributed by atoms with Crippen LogP contribution in [-0.4, -0.2) is 24.4 Å². The number of carbonyl (C=O) groups is 2. The molecular formula is C23H19NO3. The second kappa shape index (κ2) is 6.02. The van der Waals surface area contributed by atoms with E-state index >= 15 is 0 Å². The van der Waals surface area contributed by atoms with Gasteiger partial charge >= 0.3 is 0 Å². The average molecular weight is 357 g/mol. The molecule has 134 valence electrons. The molecule has 0 unspecified atom stereocenters. The van der Waals surface area contributed by atoms with Crippen molar-refractivity contribution in [2.24, 2.45) is 10.9 Å². The van der Waals surface area contributed by atoms with Crippen molar-refractivity contribution >= 4 is 17.3 Å². The van der Waals surface area contributed by atoms with Crippen LogP contribution in [0, 0.1) is 5.92 Å². The van der Waals surface area contributed by atoms with Crippen molar-refractivity contribution in [2.75, 3.05) is 7.11 Å². The number of fused-ring (bicyclic) bond motifs is 3. The number of hydrogen-bond donors (Lipinski definition) is 0. The van der Waals surface area contributed by atoms with E-state index in [4.69, 9.17) is 9.73 Å². The predicted octanol–water partition coefficient (Wildman–Crippen LogP) is 4.10. The molecule has 2 aliphatic carbocycles. The topological polar surface area (TPSA) is 55.7 Å². The van der Waals surface area contributed by atoms with Crippen molar-refractivity contribution in [3.63, 3.8) is 0 Å². The van der Waals surface area contributed by atoms with Crippen LogP contribution in [0.4, 0.5) is 0 Å². The molecule has 4 nitrogen and oxygen atoms in total. The van der Waals surface area contributed by atoms with E-state index in [0.29, 0.717) is 12.0 Å². The van der Waals surface area contributed by atoms with E-state index in [0.717, 1.165) is 46.7 Å². The van der Waals surface area contributed by atoms with E-state index in [1.165, 1.54) is 0 Å². The van der Waals surface area contributed by atoms with E-state index in [1.54, 1.807) is 7.11 Å². The third-order valence-electron chi connectivity index (χ3n) is 5.85. The zero-order chi connectivity index (χ0) is 18.5. The molecule has 0 bridgehead atoms. The minimum absolute atomic E-state index is 0.0649. The van der Waals surface area contributed by atoms with Crippen LogP contribution in [-0.2, 0) is 4.79 Å². The number of ketones is 2. The monoisotopic (exact) mass is 357 g/mol. The van der Waals surface area contributed by atoms with E-state index in [9.17, 15) is 9.59 Å². The molecule has 0 saturated carbocycles. The maximum atomic E-state index is 13.3. The van der Waals surface area contributed by atoms with Gasteiger partial charge in [0.2, 0.25) is 0 Å². The zero-order valence-corrected chi connectivity index (χ0v) is 15.1. The number of aliphatic imine (C=N–C) groups is 1. The average Bonchev–Trinajstić information content (AvgIpc) is 2.99. The van der Waals surface area contributed by atoms with Gasteiger partial charge in [-0.25, -0.2) is 0 Å². The Balaban J connectivity index is 1.73. The molecule has 0 amide bonds. The highest BCUT2D eigenvalue weighted by Crippen LogP contribution is 2.48. The van der Waals surface area contributed by atoms with Gasteiger partial charge in [-0.15, -0.1) is 0 Å². The summed E-state index contributed by atoms with van der Waals surface area (Å²) in [5.74, 6) is 0.259. The summed E-state index contributed by atoms with van der Waals surface area (Å²) in [7, 11) is 1.63. The molecule has 5 rings (SSSR count). The minimum atomic E-state index is -0.420. The molecule has 0 N–H and O–H groups in total. The summed E-state index contributed by atoms with van der Waals surface area (Å²) in [6, 6.07) is 15.4. The molecule has 3 aliphatic rings. The summed E-state index contributed by atoms with van der Waals surface area (Å²) in [5, 5.41) is 0. The van der Waals surface area contributed by atoms with Gasteiger partial charge in [0.05, 0.1) is 18.7 Å². The lowest BCUT2D eigenvalue weighted by Gasteiger charge is -2.33. The van der Waals surface area contributed by atoms with E-state index < -0.39 is 5.92 Å². The molecule has 2 atom stereocenters. The van der Waals surface area contributed by atoms with Gasteiger partial charge in [0.1, 0.15) is 5.75 Å². The molecule has 0 spiro atoms. The van der Waals surface area contributed by atoms with Crippen molar-refractivity contribution in [1.82, 2.24) is 0 Å². The Morgan fingerprint density at radius 1 is 0.926 bits per heavy atom. The summed E-state index contributed by atoms with van der Waals surface area (Å²) in [5.41, 5.74) is 5.02. The number of Topliss-reactive ketones (excluding diaryl/α,β-unsaturated/α-hetero) is 2. The van der Waals surface area contributed by atoms with Crippen LogP contribution in [0.25, 0.3) is 0 Å². The first-order valence-corrected chi connectivity index (χ1v) is 9.31. The lowest BCUT2D eigenvalue weighted by Crippen LogP contribution is -2.33. The number of nitrogens with zero attached hydrogens (tertiary/aromatic N) is 1. The fourth-order valence-corrected chi connectivity index (χ4v) is 4.62. The first-order chi connectivity index (χ1) is 13.2. The van der Waals surface area contributed by atoms with Crippen LogP contribution >= 0.6 is 0 Å². The van der Waals surface area contributed by atoms with Crippen molar-refractivity contribution in [3.05, 3.63) is 76.5 Å². The number of allylic oxidation sites excluding steroid dienone is 2. The quantitative estimate of drug-likeness (QED) is 0.813. The van der Waals surface area contributed by atoms with Crippen molar-refractivity contribution in [2.45, 2.75) is 25.2 Å². The Kier molecular flexibility index (Phi) is 3.61. The third kappa shape index (κ3) is 2.33. The molecule has 4 heteroatoms. The summed E-state index contributed by atoms with van der Waals surface area (Å²) in [6.07, 6.45) is 2.15. The molecule has 0 saturated heterocycles. The normalized spacial score (nSPS) is 23.5. The molecule has 0 fully saturated rings. The van der Waals surface area contributed by atoms with Crippen molar-refractivity contribution in [1.29, 1.82) is 0 Å². The zero-order valence-electron chi connectivity index (χ0n) is 15.1. The van der Waals surface area contributed by atoms with E-state index in [-0.39, 0.29) is 17.5 Å². The molecule has 1 heterocycles. The van der Waals surface area contributed by atoms with Gasteiger partial charge in [0.15, 0.2) is 11.6 Å². The Labute approximate surface area is 157 Å². The van der Waals surface area contributed by atoms with E-state index in [2.05, 4.69) is 0 Å². The summed E-state index contributed by atoms with van der Waals surface area (Å²) in [4.78, 5) is 31.0. The molecule has 2 aromatic carbocycles. The second-order valence-electron chi connectivity index (χ2n) is 7.27. The SMILES string of the molecule is COc1ccc([C@H]2C3=C(CCCC3=O)N=C3c4ccccc4C(=O)[C@H]32)cc1. The predicted molar refractivity (Wildman–Crippen MR) is 102 cm³/mol. The fourth-order valence-electron chi connectivity index (χ4n) is 4.62. The Morgan fingerprint density at radius 3 is 2.41 bits per heavy atom. The van der Waals surface area contributed by atoms with Gasteiger partial charge < -0.3 is 4.74 Å². The fraction of sp³-hybridized carbons (Fsp3) is 0.261. The maximum Gasteiger partial charge on any atom is 0.173 e. The first-order valence-electron chi connectivity index (χ1n) is 9.31. The van der Waals surface area contributed by atoms with Crippen molar-refractivity contribution in [3.8, 4) is 5.75 Å². The highest BCUT2D eigenvalue weighted by Gasteiger charge is 2.48. The van der Waals surface area contributed by atoms with Crippen LogP contribution in [0.1, 0.15) is 46.7 Å². The smallest absolute Gasteiger partial charge is 0.173 e. The third-order valence-corrected chi connectivity index (χ3v) is 5.85. The molecule has 0 radical (unpaired) electrons. The van der Waals surface area contributed by atoms with Crippen LogP contribution in [0.3, 0.4) is 0 Å². The highest BCUT2D eigenvalue weighted by molar-refractivity contribution is 6.30. The molecule has 27 heavy (non-hydrogen) atoms. The lowest BCUT2D eigenvalue weighted by molar-refractivity contribution is -0.116. The van der Waals surface area contributed by atoms with Crippen LogP contribution in [0.2, 0.25) is 0 Å². The Bertz CT molecular complexity index is 1030. The summed E-state index contributed by atoms with van der Waals surface area (Å²) < 4.78 is 5.27. The van der Waals surface area contributed by atoms with Gasteiger partial charge in [-0.05, 0) is 30.5 Å². The Hall–Kier alpha value is -3.01. The van der Waals surface area contributed by atoms with Gasteiger partial charge in [-0.2, -0.15) is 0 Å². The number of carbonyl (C=O) groups excluding carboxylic acids is 2. The summed E-state index contributed by atoms with van der Waals surface area (Å²) >= 11 is 0. The lowest BCUT2D eigenvalue weighted by atomic mass is 9.71. The second-order valence-corrected chi connectivity index (χ2v) is 7.27. The van der Waals surface area contributed by atoms with Crippen molar-refractivity contribution < 1.29 is 14.3 Å². The molecule has 0 aromatic heterocycles. The number of ether oxygens (including phenoxy) is 1. The molecule has 2 aromatic rings. The van der Waals surface area contributed by atoms with Gasteiger partial charge in [0, 0.05) is 34.7 Å². The minimum Gasteiger partial charge on any atom is -0.497 e.